The lowest BCUT2D eigenvalue weighted by molar-refractivity contribution is -0.0222. The molecule has 1 aromatic carbocycles. The molecule has 1 fully saturated rings. The summed E-state index contributed by atoms with van der Waals surface area (Å²) < 4.78 is 44.5. The lowest BCUT2D eigenvalue weighted by Crippen LogP contribution is -2.48. The van der Waals surface area contributed by atoms with Crippen LogP contribution >= 0.6 is 11.6 Å². The molecule has 0 radical (unpaired) electrons. The van der Waals surface area contributed by atoms with Gasteiger partial charge in [0.2, 0.25) is 10.0 Å². The number of hydrogen-bond donors (Lipinski definition) is 2. The van der Waals surface area contributed by atoms with Gasteiger partial charge in [-0.3, -0.25) is 0 Å². The standard InChI is InChI=1S/C11H13ClFNO4S/c12-8-5-7(1-2-9(8)13)19(16,17)14-10-3-4-18-6-11(10)15/h1-2,5,10-11,14-15H,3-4,6H2/t10-,11-/m0/s1. The third kappa shape index (κ3) is 3.43. The van der Waals surface area contributed by atoms with Gasteiger partial charge in [0.25, 0.3) is 0 Å². The Kier molecular flexibility index (Phi) is 4.42. The number of aliphatic hydroxyl groups is 1. The summed E-state index contributed by atoms with van der Waals surface area (Å²) in [6.45, 7) is 0.450. The molecule has 19 heavy (non-hydrogen) atoms. The zero-order chi connectivity index (χ0) is 14.0. The number of aliphatic hydroxyl groups excluding tert-OH is 1. The molecular weight excluding hydrogens is 297 g/mol. The number of benzene rings is 1. The second kappa shape index (κ2) is 5.72. The zero-order valence-corrected chi connectivity index (χ0v) is 11.4. The van der Waals surface area contributed by atoms with E-state index in [0.717, 1.165) is 18.2 Å². The Morgan fingerprint density at radius 2 is 2.21 bits per heavy atom. The number of sulfonamides is 1. The molecule has 0 aliphatic carbocycles. The van der Waals surface area contributed by atoms with E-state index in [2.05, 4.69) is 4.72 Å². The molecule has 0 aromatic heterocycles. The summed E-state index contributed by atoms with van der Waals surface area (Å²) in [6.07, 6.45) is -0.533. The molecule has 2 rings (SSSR count). The van der Waals surface area contributed by atoms with Crippen molar-refractivity contribution in [3.05, 3.63) is 29.0 Å². The molecule has 0 bridgehead atoms. The fourth-order valence-electron chi connectivity index (χ4n) is 1.77. The maximum Gasteiger partial charge on any atom is 0.240 e. The van der Waals surface area contributed by atoms with Crippen molar-refractivity contribution in [2.45, 2.75) is 23.5 Å². The van der Waals surface area contributed by atoms with Gasteiger partial charge < -0.3 is 9.84 Å². The molecule has 1 aromatic rings. The number of rotatable bonds is 3. The van der Waals surface area contributed by atoms with E-state index in [-0.39, 0.29) is 16.5 Å². The Labute approximate surface area is 115 Å². The predicted molar refractivity (Wildman–Crippen MR) is 67.0 cm³/mol. The normalized spacial score (nSPS) is 24.4. The van der Waals surface area contributed by atoms with E-state index >= 15 is 0 Å². The second-order valence-corrected chi connectivity index (χ2v) is 6.36. The van der Waals surface area contributed by atoms with Crippen LogP contribution in [0.5, 0.6) is 0 Å². The van der Waals surface area contributed by atoms with E-state index < -0.39 is 28.0 Å². The highest BCUT2D eigenvalue weighted by Crippen LogP contribution is 2.20. The second-order valence-electron chi connectivity index (χ2n) is 4.23. The van der Waals surface area contributed by atoms with Gasteiger partial charge in [0.1, 0.15) is 5.82 Å². The maximum atomic E-state index is 13.0. The quantitative estimate of drug-likeness (QED) is 0.870. The molecule has 1 heterocycles. The van der Waals surface area contributed by atoms with Crippen molar-refractivity contribution in [2.24, 2.45) is 0 Å². The van der Waals surface area contributed by atoms with Crippen LogP contribution in [0.1, 0.15) is 6.42 Å². The molecule has 106 valence electrons. The van der Waals surface area contributed by atoms with Crippen LogP contribution in [0.25, 0.3) is 0 Å². The summed E-state index contributed by atoms with van der Waals surface area (Å²) in [6, 6.07) is 2.51. The molecule has 2 atom stereocenters. The van der Waals surface area contributed by atoms with E-state index in [4.69, 9.17) is 16.3 Å². The molecule has 1 aliphatic rings. The van der Waals surface area contributed by atoms with Crippen molar-refractivity contribution in [1.29, 1.82) is 0 Å². The number of ether oxygens (including phenoxy) is 1. The van der Waals surface area contributed by atoms with Crippen LogP contribution in [-0.2, 0) is 14.8 Å². The molecule has 0 unspecified atom stereocenters. The smallest absolute Gasteiger partial charge is 0.240 e. The molecule has 2 N–H and O–H groups in total. The van der Waals surface area contributed by atoms with Crippen LogP contribution in [0.4, 0.5) is 4.39 Å². The highest BCUT2D eigenvalue weighted by Gasteiger charge is 2.28. The molecule has 0 spiro atoms. The van der Waals surface area contributed by atoms with Gasteiger partial charge in [-0.1, -0.05) is 11.6 Å². The van der Waals surface area contributed by atoms with Gasteiger partial charge >= 0.3 is 0 Å². The van der Waals surface area contributed by atoms with Gasteiger partial charge in [0.05, 0.1) is 28.7 Å². The predicted octanol–water partition coefficient (Wildman–Crippen LogP) is 0.907. The van der Waals surface area contributed by atoms with Gasteiger partial charge in [-0.15, -0.1) is 0 Å². The Hall–Kier alpha value is -0.730. The van der Waals surface area contributed by atoms with Gasteiger partial charge in [-0.25, -0.2) is 17.5 Å². The van der Waals surface area contributed by atoms with Crippen molar-refractivity contribution in [3.63, 3.8) is 0 Å². The van der Waals surface area contributed by atoms with Crippen LogP contribution in [0, 0.1) is 5.82 Å². The average Bonchev–Trinajstić information content (AvgIpc) is 2.35. The van der Waals surface area contributed by atoms with Gasteiger partial charge in [0, 0.05) is 6.61 Å². The Balaban J connectivity index is 2.19. The fraction of sp³-hybridized carbons (Fsp3) is 0.455. The van der Waals surface area contributed by atoms with Crippen LogP contribution in [0.15, 0.2) is 23.1 Å². The summed E-state index contributed by atoms with van der Waals surface area (Å²) in [7, 11) is -3.85. The maximum absolute atomic E-state index is 13.0. The molecule has 0 amide bonds. The number of halogens is 2. The summed E-state index contributed by atoms with van der Waals surface area (Å²) in [5.41, 5.74) is 0. The van der Waals surface area contributed by atoms with Crippen LogP contribution in [0.2, 0.25) is 5.02 Å². The average molecular weight is 310 g/mol. The summed E-state index contributed by atoms with van der Waals surface area (Å²) in [4.78, 5) is -0.141. The van der Waals surface area contributed by atoms with E-state index in [1.807, 2.05) is 0 Å². The van der Waals surface area contributed by atoms with Gasteiger partial charge in [0.15, 0.2) is 0 Å². The highest BCUT2D eigenvalue weighted by molar-refractivity contribution is 7.89. The molecule has 5 nitrogen and oxygen atoms in total. The third-order valence-corrected chi connectivity index (χ3v) is 4.61. The van der Waals surface area contributed by atoms with Crippen molar-refractivity contribution in [2.75, 3.05) is 13.2 Å². The van der Waals surface area contributed by atoms with E-state index in [0.29, 0.717) is 13.0 Å². The first-order valence-electron chi connectivity index (χ1n) is 5.63. The van der Waals surface area contributed by atoms with E-state index in [1.165, 1.54) is 0 Å². The summed E-state index contributed by atoms with van der Waals surface area (Å²) in [5, 5.41) is 9.37. The fourth-order valence-corrected chi connectivity index (χ4v) is 3.35. The summed E-state index contributed by atoms with van der Waals surface area (Å²) >= 11 is 5.55. The van der Waals surface area contributed by atoms with Gasteiger partial charge in [-0.05, 0) is 24.6 Å². The minimum absolute atomic E-state index is 0.0807. The monoisotopic (exact) mass is 309 g/mol. The minimum Gasteiger partial charge on any atom is -0.389 e. The molecular formula is C11H13ClFNO4S. The minimum atomic E-state index is -3.85. The third-order valence-electron chi connectivity index (χ3n) is 2.83. The Morgan fingerprint density at radius 1 is 1.47 bits per heavy atom. The summed E-state index contributed by atoms with van der Waals surface area (Å²) in [5.74, 6) is -0.688. The number of nitrogens with one attached hydrogen (secondary N) is 1. The lowest BCUT2D eigenvalue weighted by Gasteiger charge is -2.28. The Morgan fingerprint density at radius 3 is 2.84 bits per heavy atom. The van der Waals surface area contributed by atoms with Crippen molar-refractivity contribution < 1.29 is 22.7 Å². The van der Waals surface area contributed by atoms with Crippen LogP contribution < -0.4 is 4.72 Å². The van der Waals surface area contributed by atoms with Crippen molar-refractivity contribution in [3.8, 4) is 0 Å². The molecule has 1 aliphatic heterocycles. The first-order valence-corrected chi connectivity index (χ1v) is 7.49. The highest BCUT2D eigenvalue weighted by atomic mass is 35.5. The largest absolute Gasteiger partial charge is 0.389 e. The van der Waals surface area contributed by atoms with E-state index in [9.17, 15) is 17.9 Å². The first-order chi connectivity index (χ1) is 8.90. The molecule has 1 saturated heterocycles. The van der Waals surface area contributed by atoms with Crippen LogP contribution in [0.3, 0.4) is 0 Å². The molecule has 0 saturated carbocycles. The zero-order valence-electron chi connectivity index (χ0n) is 9.84. The Bertz CT molecular complexity index is 566. The topological polar surface area (TPSA) is 75.6 Å². The SMILES string of the molecule is O=S(=O)(N[C@H]1CCOC[C@@H]1O)c1ccc(F)c(Cl)c1. The van der Waals surface area contributed by atoms with Gasteiger partial charge in [-0.2, -0.15) is 0 Å². The van der Waals surface area contributed by atoms with Crippen molar-refractivity contribution in [1.82, 2.24) is 4.72 Å². The first kappa shape index (κ1) is 14.7. The molecule has 8 heteroatoms. The van der Waals surface area contributed by atoms with E-state index in [1.54, 1.807) is 0 Å². The van der Waals surface area contributed by atoms with Crippen molar-refractivity contribution >= 4 is 21.6 Å². The lowest BCUT2D eigenvalue weighted by atomic mass is 10.1. The number of hydrogen-bond acceptors (Lipinski definition) is 4. The van der Waals surface area contributed by atoms with Crippen LogP contribution in [-0.4, -0.2) is 38.9 Å².